The average Bonchev–Trinajstić information content (AvgIpc) is 2.53. The third kappa shape index (κ3) is 2.73. The second-order valence-corrected chi connectivity index (χ2v) is 5.60. The van der Waals surface area contributed by atoms with Gasteiger partial charge in [-0.15, -0.1) is 0 Å². The van der Waals surface area contributed by atoms with Crippen molar-refractivity contribution in [1.82, 2.24) is 4.90 Å². The molecule has 2 aliphatic rings. The van der Waals surface area contributed by atoms with Crippen molar-refractivity contribution in [3.63, 3.8) is 0 Å². The van der Waals surface area contributed by atoms with E-state index in [0.717, 1.165) is 25.8 Å². The van der Waals surface area contributed by atoms with Gasteiger partial charge in [-0.2, -0.15) is 0 Å². The van der Waals surface area contributed by atoms with Crippen molar-refractivity contribution in [2.24, 2.45) is 0 Å². The zero-order chi connectivity index (χ0) is 14.8. The molecule has 0 saturated carbocycles. The SMILES string of the molecule is CCC1CCCCN1C(=O)c1ccc2c(c1)NC(=O)CO2. The molecule has 2 amide bonds. The van der Waals surface area contributed by atoms with Crippen LogP contribution in [0, 0.1) is 0 Å². The highest BCUT2D eigenvalue weighted by atomic mass is 16.5. The molecule has 21 heavy (non-hydrogen) atoms. The van der Waals surface area contributed by atoms with Gasteiger partial charge >= 0.3 is 0 Å². The highest BCUT2D eigenvalue weighted by Gasteiger charge is 2.27. The van der Waals surface area contributed by atoms with Crippen LogP contribution < -0.4 is 10.1 Å². The number of carbonyl (C=O) groups excluding carboxylic acids is 2. The monoisotopic (exact) mass is 288 g/mol. The summed E-state index contributed by atoms with van der Waals surface area (Å²) in [6, 6.07) is 5.58. The average molecular weight is 288 g/mol. The van der Waals surface area contributed by atoms with Crippen LogP contribution in [0.3, 0.4) is 0 Å². The quantitative estimate of drug-likeness (QED) is 0.909. The maximum absolute atomic E-state index is 12.7. The largest absolute Gasteiger partial charge is 0.482 e. The Kier molecular flexibility index (Phi) is 3.82. The van der Waals surface area contributed by atoms with Crippen LogP contribution >= 0.6 is 0 Å². The molecule has 3 rings (SSSR count). The highest BCUT2D eigenvalue weighted by Crippen LogP contribution is 2.30. The van der Waals surface area contributed by atoms with Crippen molar-refractivity contribution in [1.29, 1.82) is 0 Å². The van der Waals surface area contributed by atoms with Gasteiger partial charge in [-0.05, 0) is 43.9 Å². The lowest BCUT2D eigenvalue weighted by Gasteiger charge is -2.35. The second kappa shape index (κ2) is 5.76. The number of benzene rings is 1. The van der Waals surface area contributed by atoms with Gasteiger partial charge in [0.25, 0.3) is 11.8 Å². The Morgan fingerprint density at radius 1 is 1.43 bits per heavy atom. The molecule has 1 unspecified atom stereocenters. The number of carbonyl (C=O) groups is 2. The topological polar surface area (TPSA) is 58.6 Å². The number of hydrogen-bond acceptors (Lipinski definition) is 3. The summed E-state index contributed by atoms with van der Waals surface area (Å²) in [5.41, 5.74) is 1.20. The molecule has 5 heteroatoms. The van der Waals surface area contributed by atoms with E-state index >= 15 is 0 Å². The van der Waals surface area contributed by atoms with Gasteiger partial charge in [-0.3, -0.25) is 9.59 Å². The molecule has 0 radical (unpaired) electrons. The summed E-state index contributed by atoms with van der Waals surface area (Å²) in [6.45, 7) is 2.97. The number of anilines is 1. The summed E-state index contributed by atoms with van der Waals surface area (Å²) >= 11 is 0. The molecule has 2 heterocycles. The molecule has 0 bridgehead atoms. The number of hydrogen-bond donors (Lipinski definition) is 1. The molecule has 0 aromatic heterocycles. The molecule has 112 valence electrons. The van der Waals surface area contributed by atoms with E-state index in [0.29, 0.717) is 23.0 Å². The lowest BCUT2D eigenvalue weighted by Crippen LogP contribution is -2.43. The molecule has 1 atom stereocenters. The molecule has 0 spiro atoms. The molecule has 1 fully saturated rings. The Balaban J connectivity index is 1.84. The van der Waals surface area contributed by atoms with Crippen molar-refractivity contribution in [3.8, 4) is 5.75 Å². The predicted octanol–water partition coefficient (Wildman–Crippen LogP) is 2.42. The number of nitrogens with zero attached hydrogens (tertiary/aromatic N) is 1. The normalized spacial score (nSPS) is 21.3. The first-order chi connectivity index (χ1) is 10.2. The third-order valence-corrected chi connectivity index (χ3v) is 4.22. The summed E-state index contributed by atoms with van der Waals surface area (Å²) in [5, 5.41) is 2.75. The van der Waals surface area contributed by atoms with Gasteiger partial charge in [-0.25, -0.2) is 0 Å². The highest BCUT2D eigenvalue weighted by molar-refractivity contribution is 6.00. The predicted molar refractivity (Wildman–Crippen MR) is 79.5 cm³/mol. The lowest BCUT2D eigenvalue weighted by atomic mass is 9.98. The third-order valence-electron chi connectivity index (χ3n) is 4.22. The molecular weight excluding hydrogens is 268 g/mol. The molecular formula is C16H20N2O3. The summed E-state index contributed by atoms with van der Waals surface area (Å²) in [4.78, 5) is 26.1. The van der Waals surface area contributed by atoms with Gasteiger partial charge in [-0.1, -0.05) is 6.92 Å². The Morgan fingerprint density at radius 2 is 2.29 bits per heavy atom. The van der Waals surface area contributed by atoms with E-state index in [4.69, 9.17) is 4.74 Å². The fourth-order valence-corrected chi connectivity index (χ4v) is 3.07. The summed E-state index contributed by atoms with van der Waals surface area (Å²) in [7, 11) is 0. The van der Waals surface area contributed by atoms with Crippen LogP contribution in [0.15, 0.2) is 18.2 Å². The minimum absolute atomic E-state index is 0.0321. The van der Waals surface area contributed by atoms with E-state index in [1.165, 1.54) is 6.42 Å². The Labute approximate surface area is 124 Å². The van der Waals surface area contributed by atoms with Crippen LogP contribution in [-0.2, 0) is 4.79 Å². The van der Waals surface area contributed by atoms with Crippen LogP contribution in [0.1, 0.15) is 43.0 Å². The Morgan fingerprint density at radius 3 is 3.10 bits per heavy atom. The zero-order valence-electron chi connectivity index (χ0n) is 12.2. The number of likely N-dealkylation sites (tertiary alicyclic amines) is 1. The van der Waals surface area contributed by atoms with Gasteiger partial charge in [0.2, 0.25) is 0 Å². The first-order valence-corrected chi connectivity index (χ1v) is 7.56. The summed E-state index contributed by atoms with van der Waals surface area (Å²) in [5.74, 6) is 0.484. The molecule has 1 N–H and O–H groups in total. The number of piperidine rings is 1. The maximum atomic E-state index is 12.7. The van der Waals surface area contributed by atoms with Crippen LogP contribution in [-0.4, -0.2) is 35.9 Å². The van der Waals surface area contributed by atoms with Gasteiger partial charge < -0.3 is 15.0 Å². The first kappa shape index (κ1) is 13.9. The van der Waals surface area contributed by atoms with Crippen molar-refractivity contribution in [2.75, 3.05) is 18.5 Å². The number of ether oxygens (including phenoxy) is 1. The summed E-state index contributed by atoms with van der Waals surface area (Å²) < 4.78 is 5.32. The molecule has 5 nitrogen and oxygen atoms in total. The standard InChI is InChI=1S/C16H20N2O3/c1-2-12-5-3-4-8-18(12)16(20)11-6-7-14-13(9-11)17-15(19)10-21-14/h6-7,9,12H,2-5,8,10H2,1H3,(H,17,19). The van der Waals surface area contributed by atoms with Crippen LogP contribution in [0.5, 0.6) is 5.75 Å². The van der Waals surface area contributed by atoms with E-state index in [9.17, 15) is 9.59 Å². The van der Waals surface area contributed by atoms with Gasteiger partial charge in [0.1, 0.15) is 5.75 Å². The fraction of sp³-hybridized carbons (Fsp3) is 0.500. The number of fused-ring (bicyclic) bond motifs is 1. The van der Waals surface area contributed by atoms with Gasteiger partial charge in [0.15, 0.2) is 6.61 Å². The smallest absolute Gasteiger partial charge is 0.262 e. The van der Waals surface area contributed by atoms with Crippen LogP contribution in [0.25, 0.3) is 0 Å². The lowest BCUT2D eigenvalue weighted by molar-refractivity contribution is -0.118. The van der Waals surface area contributed by atoms with Crippen molar-refractivity contribution in [2.45, 2.75) is 38.6 Å². The summed E-state index contributed by atoms with van der Waals surface area (Å²) in [6.07, 6.45) is 4.31. The van der Waals surface area contributed by atoms with Crippen molar-refractivity contribution < 1.29 is 14.3 Å². The minimum atomic E-state index is -0.184. The van der Waals surface area contributed by atoms with Crippen molar-refractivity contribution >= 4 is 17.5 Å². The fourth-order valence-electron chi connectivity index (χ4n) is 3.07. The Hall–Kier alpha value is -2.04. The minimum Gasteiger partial charge on any atom is -0.482 e. The molecule has 1 saturated heterocycles. The van der Waals surface area contributed by atoms with E-state index in [1.807, 2.05) is 4.90 Å². The van der Waals surface area contributed by atoms with E-state index in [1.54, 1.807) is 18.2 Å². The Bertz CT molecular complexity index is 571. The van der Waals surface area contributed by atoms with Crippen LogP contribution in [0.4, 0.5) is 5.69 Å². The van der Waals surface area contributed by atoms with Gasteiger partial charge in [0, 0.05) is 18.2 Å². The van der Waals surface area contributed by atoms with Crippen LogP contribution in [0.2, 0.25) is 0 Å². The van der Waals surface area contributed by atoms with Gasteiger partial charge in [0.05, 0.1) is 5.69 Å². The first-order valence-electron chi connectivity index (χ1n) is 7.56. The second-order valence-electron chi connectivity index (χ2n) is 5.60. The number of nitrogens with one attached hydrogen (secondary N) is 1. The molecule has 2 aliphatic heterocycles. The zero-order valence-corrected chi connectivity index (χ0v) is 12.2. The van der Waals surface area contributed by atoms with E-state index < -0.39 is 0 Å². The molecule has 1 aromatic rings. The maximum Gasteiger partial charge on any atom is 0.262 e. The molecule has 0 aliphatic carbocycles. The molecule has 1 aromatic carbocycles. The van der Waals surface area contributed by atoms with E-state index in [2.05, 4.69) is 12.2 Å². The van der Waals surface area contributed by atoms with Crippen molar-refractivity contribution in [3.05, 3.63) is 23.8 Å². The van der Waals surface area contributed by atoms with E-state index in [-0.39, 0.29) is 18.4 Å². The number of amides is 2. The number of rotatable bonds is 2.